The summed E-state index contributed by atoms with van der Waals surface area (Å²) in [5.41, 5.74) is 0.634. The summed E-state index contributed by atoms with van der Waals surface area (Å²) >= 11 is 6.84. The Bertz CT molecular complexity index is 1720. The Kier molecular flexibility index (Phi) is 7.20. The summed E-state index contributed by atoms with van der Waals surface area (Å²) in [5.74, 6) is -0.115. The van der Waals surface area contributed by atoms with Crippen molar-refractivity contribution in [3.05, 3.63) is 53.3 Å². The summed E-state index contributed by atoms with van der Waals surface area (Å²) in [5, 5.41) is 16.3. The molecule has 44 heavy (non-hydrogen) atoms. The molecule has 4 fully saturated rings. The third-order valence-corrected chi connectivity index (χ3v) is 9.97. The van der Waals surface area contributed by atoms with Gasteiger partial charge in [0.25, 0.3) is 0 Å². The molecular formula is C33H34ClF2N5O3. The molecule has 1 aromatic heterocycles. The van der Waals surface area contributed by atoms with E-state index in [1.807, 2.05) is 24.3 Å². The minimum absolute atomic E-state index is 0.000599. The van der Waals surface area contributed by atoms with Crippen molar-refractivity contribution in [2.45, 2.75) is 56.0 Å². The summed E-state index contributed by atoms with van der Waals surface area (Å²) in [6.45, 7) is 2.67. The number of aromatic hydroxyl groups is 1. The first-order chi connectivity index (χ1) is 21.4. The Morgan fingerprint density at radius 3 is 2.55 bits per heavy atom. The first-order valence-corrected chi connectivity index (χ1v) is 15.8. The lowest BCUT2D eigenvalue weighted by Crippen LogP contribution is -2.51. The van der Waals surface area contributed by atoms with E-state index in [4.69, 9.17) is 26.1 Å². The highest BCUT2D eigenvalue weighted by molar-refractivity contribution is 6.35. The molecule has 2 N–H and O–H groups in total. The predicted molar refractivity (Wildman–Crippen MR) is 166 cm³/mol. The molecule has 4 saturated heterocycles. The molecule has 230 valence electrons. The molecule has 0 spiro atoms. The standard InChI is InChI=1S/C33H34ClF2N5O3/c34-28-11-27-31(30(36)29(28)26-10-24(42)9-18-3-1-2-4-25(18)26)38-33(39-32(27)40-13-20-5-6-21(14-40)37-20)44-15-19(35)12-41-22-7-8-23(41)17-43-16-22/h1-4,9-11,19-23,37,42H,5-8,12-17H2/t19-,20?,21?,22?,23?/m0/s1. The monoisotopic (exact) mass is 621 g/mol. The van der Waals surface area contributed by atoms with Crippen molar-refractivity contribution < 1.29 is 23.4 Å². The van der Waals surface area contributed by atoms with Crippen molar-refractivity contribution >= 4 is 39.1 Å². The van der Waals surface area contributed by atoms with Gasteiger partial charge in [0.1, 0.15) is 29.9 Å². The van der Waals surface area contributed by atoms with Crippen LogP contribution in [-0.4, -0.2) is 89.8 Å². The number of morpholine rings is 1. The number of anilines is 1. The van der Waals surface area contributed by atoms with Gasteiger partial charge in [0.15, 0.2) is 5.82 Å². The normalized spacial score (nSPS) is 25.7. The molecular weight excluding hydrogens is 588 g/mol. The molecule has 4 unspecified atom stereocenters. The molecule has 0 aliphatic carbocycles. The Hall–Kier alpha value is -3.31. The quantitative estimate of drug-likeness (QED) is 0.281. The van der Waals surface area contributed by atoms with Gasteiger partial charge in [0.2, 0.25) is 0 Å². The lowest BCUT2D eigenvalue weighted by atomic mass is 9.96. The Morgan fingerprint density at radius 1 is 1.02 bits per heavy atom. The van der Waals surface area contributed by atoms with E-state index < -0.39 is 12.0 Å². The summed E-state index contributed by atoms with van der Waals surface area (Å²) < 4.78 is 43.6. The summed E-state index contributed by atoms with van der Waals surface area (Å²) in [4.78, 5) is 13.6. The molecule has 8 rings (SSSR count). The first kappa shape index (κ1) is 28.2. The lowest BCUT2D eigenvalue weighted by molar-refractivity contribution is -0.0276. The fourth-order valence-electron chi connectivity index (χ4n) is 7.64. The van der Waals surface area contributed by atoms with Crippen LogP contribution in [0.5, 0.6) is 11.8 Å². The van der Waals surface area contributed by atoms with E-state index in [1.54, 1.807) is 12.1 Å². The highest BCUT2D eigenvalue weighted by atomic mass is 35.5. The Balaban J connectivity index is 1.18. The maximum absolute atomic E-state index is 16.7. The number of phenolic OH excluding ortho intramolecular Hbond substituents is 1. The molecule has 0 radical (unpaired) electrons. The second kappa shape index (κ2) is 11.2. The number of hydrogen-bond acceptors (Lipinski definition) is 8. The van der Waals surface area contributed by atoms with Crippen LogP contribution < -0.4 is 15.0 Å². The van der Waals surface area contributed by atoms with Crippen LogP contribution in [0.4, 0.5) is 14.6 Å². The number of phenols is 1. The van der Waals surface area contributed by atoms with E-state index >= 15 is 8.78 Å². The zero-order valence-corrected chi connectivity index (χ0v) is 24.9. The molecule has 5 heterocycles. The van der Waals surface area contributed by atoms with Crippen molar-refractivity contribution in [2.24, 2.45) is 0 Å². The van der Waals surface area contributed by atoms with Crippen LogP contribution in [0.3, 0.4) is 0 Å². The fraction of sp³-hybridized carbons (Fsp3) is 0.455. The van der Waals surface area contributed by atoms with E-state index in [2.05, 4.69) is 20.1 Å². The Labute approximate surface area is 258 Å². The van der Waals surface area contributed by atoms with Gasteiger partial charge in [-0.05, 0) is 60.2 Å². The van der Waals surface area contributed by atoms with Crippen LogP contribution in [0.2, 0.25) is 5.02 Å². The topological polar surface area (TPSA) is 83.0 Å². The van der Waals surface area contributed by atoms with Gasteiger partial charge in [-0.25, -0.2) is 8.78 Å². The van der Waals surface area contributed by atoms with E-state index in [1.165, 1.54) is 6.07 Å². The van der Waals surface area contributed by atoms with Gasteiger partial charge in [-0.3, -0.25) is 4.90 Å². The predicted octanol–water partition coefficient (Wildman–Crippen LogP) is 5.47. The summed E-state index contributed by atoms with van der Waals surface area (Å²) in [6.07, 6.45) is 2.88. The van der Waals surface area contributed by atoms with Gasteiger partial charge in [-0.2, -0.15) is 9.97 Å². The molecule has 4 aliphatic heterocycles. The van der Waals surface area contributed by atoms with E-state index in [0.29, 0.717) is 55.2 Å². The third kappa shape index (κ3) is 5.01. The van der Waals surface area contributed by atoms with Gasteiger partial charge < -0.3 is 24.8 Å². The highest BCUT2D eigenvalue weighted by Gasteiger charge is 2.39. The van der Waals surface area contributed by atoms with Crippen LogP contribution in [0.15, 0.2) is 42.5 Å². The Morgan fingerprint density at radius 2 is 1.77 bits per heavy atom. The van der Waals surface area contributed by atoms with E-state index in [9.17, 15) is 5.11 Å². The largest absolute Gasteiger partial charge is 0.508 e. The van der Waals surface area contributed by atoms with Gasteiger partial charge >= 0.3 is 6.01 Å². The van der Waals surface area contributed by atoms with Crippen molar-refractivity contribution in [3.63, 3.8) is 0 Å². The molecule has 0 saturated carbocycles. The molecule has 0 amide bonds. The zero-order chi connectivity index (χ0) is 29.9. The van der Waals surface area contributed by atoms with Crippen LogP contribution in [0, 0.1) is 5.82 Å². The molecule has 11 heteroatoms. The SMILES string of the molecule is Oc1cc(-c2c(Cl)cc3c(N4CC5CCC(C4)N5)nc(OC[C@@H](F)CN4C5CCC4COC5)nc3c2F)c2ccccc2c1. The number of alkyl halides is 1. The average molecular weight is 622 g/mol. The average Bonchev–Trinajstić information content (AvgIpc) is 3.45. The maximum Gasteiger partial charge on any atom is 0.319 e. The second-order valence-corrected chi connectivity index (χ2v) is 13.0. The van der Waals surface area contributed by atoms with Gasteiger partial charge in [-0.15, -0.1) is 0 Å². The number of ether oxygens (including phenoxy) is 2. The van der Waals surface area contributed by atoms with Crippen LogP contribution in [0.25, 0.3) is 32.8 Å². The number of aromatic nitrogens is 2. The number of halogens is 3. The van der Waals surface area contributed by atoms with Crippen molar-refractivity contribution in [1.29, 1.82) is 0 Å². The molecule has 4 aromatic rings. The number of rotatable bonds is 7. The van der Waals surface area contributed by atoms with E-state index in [0.717, 1.165) is 36.5 Å². The maximum atomic E-state index is 16.7. The van der Waals surface area contributed by atoms with Gasteiger partial charge in [0.05, 0.1) is 18.2 Å². The van der Waals surface area contributed by atoms with Crippen LogP contribution in [-0.2, 0) is 4.74 Å². The number of nitrogens with zero attached hydrogens (tertiary/aromatic N) is 4. The van der Waals surface area contributed by atoms with Gasteiger partial charge in [0, 0.05) is 54.8 Å². The van der Waals surface area contributed by atoms with E-state index in [-0.39, 0.29) is 53.1 Å². The summed E-state index contributed by atoms with van der Waals surface area (Å²) in [7, 11) is 0. The molecule has 4 aliphatic rings. The van der Waals surface area contributed by atoms with Crippen molar-refractivity contribution in [1.82, 2.24) is 20.2 Å². The number of hydrogen-bond donors (Lipinski definition) is 2. The van der Waals surface area contributed by atoms with Crippen molar-refractivity contribution in [3.8, 4) is 22.9 Å². The van der Waals surface area contributed by atoms with Crippen LogP contribution in [0.1, 0.15) is 25.7 Å². The third-order valence-electron chi connectivity index (χ3n) is 9.67. The number of nitrogens with one attached hydrogen (secondary N) is 1. The number of benzene rings is 3. The number of piperazine rings is 1. The lowest BCUT2D eigenvalue weighted by Gasteiger charge is -2.35. The highest BCUT2D eigenvalue weighted by Crippen LogP contribution is 2.43. The second-order valence-electron chi connectivity index (χ2n) is 12.6. The smallest absolute Gasteiger partial charge is 0.319 e. The first-order valence-electron chi connectivity index (χ1n) is 15.4. The summed E-state index contributed by atoms with van der Waals surface area (Å²) in [6, 6.07) is 13.3. The molecule has 4 bridgehead atoms. The fourth-order valence-corrected chi connectivity index (χ4v) is 7.94. The minimum atomic E-state index is -1.27. The van der Waals surface area contributed by atoms with Crippen LogP contribution >= 0.6 is 11.6 Å². The zero-order valence-electron chi connectivity index (χ0n) is 24.2. The minimum Gasteiger partial charge on any atom is -0.508 e. The molecule has 5 atom stereocenters. The molecule has 3 aromatic carbocycles. The molecule has 8 nitrogen and oxygen atoms in total. The van der Waals surface area contributed by atoms with Crippen molar-refractivity contribution in [2.75, 3.05) is 44.4 Å². The van der Waals surface area contributed by atoms with Gasteiger partial charge in [-0.1, -0.05) is 35.9 Å². The number of fused-ring (bicyclic) bond motifs is 6.